The summed E-state index contributed by atoms with van der Waals surface area (Å²) in [5.41, 5.74) is 0. The van der Waals surface area contributed by atoms with Gasteiger partial charge in [0.25, 0.3) is 10.2 Å². The van der Waals surface area contributed by atoms with E-state index in [0.29, 0.717) is 12.4 Å². The molecule has 0 aromatic heterocycles. The highest BCUT2D eigenvalue weighted by atomic mass is 35.5. The zero-order valence-electron chi connectivity index (χ0n) is 12.0. The number of alkyl halides is 1. The Labute approximate surface area is 127 Å². The number of thioether (sulfide) groups is 1. The molecule has 1 rings (SSSR count). The highest BCUT2D eigenvalue weighted by Crippen LogP contribution is 2.25. The highest BCUT2D eigenvalue weighted by molar-refractivity contribution is 7.98. The molecule has 7 heteroatoms. The minimum absolute atomic E-state index is 0.0466. The molecule has 0 amide bonds. The minimum Gasteiger partial charge on any atom is -0.195 e. The van der Waals surface area contributed by atoms with Gasteiger partial charge in [0.2, 0.25) is 0 Å². The van der Waals surface area contributed by atoms with Crippen molar-refractivity contribution in [1.29, 1.82) is 0 Å². The van der Waals surface area contributed by atoms with Gasteiger partial charge in [-0.2, -0.15) is 28.8 Å². The molecule has 0 bridgehead atoms. The molecule has 1 aliphatic heterocycles. The van der Waals surface area contributed by atoms with Gasteiger partial charge in [0.1, 0.15) is 0 Å². The second-order valence-corrected chi connectivity index (χ2v) is 8.12. The van der Waals surface area contributed by atoms with Crippen LogP contribution in [-0.4, -0.2) is 60.6 Å². The Morgan fingerprint density at radius 3 is 2.68 bits per heavy atom. The van der Waals surface area contributed by atoms with Crippen molar-refractivity contribution in [2.45, 2.75) is 44.7 Å². The number of hydrogen-bond acceptors (Lipinski definition) is 3. The summed E-state index contributed by atoms with van der Waals surface area (Å²) in [5.74, 6) is 1.21. The Morgan fingerprint density at radius 1 is 1.47 bits per heavy atom. The normalized spacial score (nSPS) is 23.7. The van der Waals surface area contributed by atoms with Gasteiger partial charge in [-0.25, -0.2) is 0 Å². The summed E-state index contributed by atoms with van der Waals surface area (Å²) in [4.78, 5) is 0. The number of nitrogens with zero attached hydrogens (tertiary/aromatic N) is 2. The van der Waals surface area contributed by atoms with E-state index in [9.17, 15) is 8.42 Å². The van der Waals surface area contributed by atoms with E-state index in [2.05, 4.69) is 0 Å². The zero-order valence-corrected chi connectivity index (χ0v) is 14.4. The summed E-state index contributed by atoms with van der Waals surface area (Å²) < 4.78 is 28.6. The maximum Gasteiger partial charge on any atom is 0.282 e. The van der Waals surface area contributed by atoms with Gasteiger partial charge in [-0.05, 0) is 25.5 Å². The van der Waals surface area contributed by atoms with Gasteiger partial charge in [-0.15, -0.1) is 11.6 Å². The molecule has 0 spiro atoms. The Morgan fingerprint density at radius 2 is 2.16 bits per heavy atom. The van der Waals surface area contributed by atoms with E-state index in [1.54, 1.807) is 23.1 Å². The van der Waals surface area contributed by atoms with Crippen LogP contribution < -0.4 is 0 Å². The molecular formula is C12H25ClN2O2S2. The average Bonchev–Trinajstić information content (AvgIpc) is 2.43. The van der Waals surface area contributed by atoms with Crippen LogP contribution >= 0.6 is 23.4 Å². The van der Waals surface area contributed by atoms with Crippen LogP contribution in [0.3, 0.4) is 0 Å². The second kappa shape index (κ2) is 8.08. The van der Waals surface area contributed by atoms with E-state index < -0.39 is 10.2 Å². The lowest BCUT2D eigenvalue weighted by molar-refractivity contribution is 0.243. The van der Waals surface area contributed by atoms with Gasteiger partial charge in [0.15, 0.2) is 0 Å². The maximum absolute atomic E-state index is 12.7. The molecule has 1 heterocycles. The Balaban J connectivity index is 2.87. The van der Waals surface area contributed by atoms with Crippen LogP contribution in [0.2, 0.25) is 0 Å². The third-order valence-electron chi connectivity index (χ3n) is 3.76. The molecule has 19 heavy (non-hydrogen) atoms. The van der Waals surface area contributed by atoms with Gasteiger partial charge in [-0.3, -0.25) is 0 Å². The summed E-state index contributed by atoms with van der Waals surface area (Å²) in [7, 11) is -1.69. The van der Waals surface area contributed by atoms with Crippen LogP contribution in [0.25, 0.3) is 0 Å². The first kappa shape index (κ1) is 17.6. The summed E-state index contributed by atoms with van der Waals surface area (Å²) in [5, 5.41) is 0. The molecule has 1 fully saturated rings. The quantitative estimate of drug-likeness (QED) is 0.674. The molecule has 0 aromatic carbocycles. The molecule has 0 aliphatic carbocycles. The zero-order chi connectivity index (χ0) is 14.5. The van der Waals surface area contributed by atoms with E-state index in [1.807, 2.05) is 13.2 Å². The molecule has 114 valence electrons. The van der Waals surface area contributed by atoms with Crippen LogP contribution in [0.4, 0.5) is 0 Å². The van der Waals surface area contributed by atoms with Gasteiger partial charge in [0, 0.05) is 37.3 Å². The molecule has 2 atom stereocenters. The van der Waals surface area contributed by atoms with Gasteiger partial charge in [-0.1, -0.05) is 13.3 Å². The summed E-state index contributed by atoms with van der Waals surface area (Å²) in [6, 6.07) is 0.00699. The summed E-state index contributed by atoms with van der Waals surface area (Å²) >= 11 is 7.61. The molecule has 2 unspecified atom stereocenters. The fourth-order valence-corrected chi connectivity index (χ4v) is 5.65. The number of halogens is 1. The maximum atomic E-state index is 12.7. The molecular weight excluding hydrogens is 304 g/mol. The second-order valence-electron chi connectivity index (χ2n) is 4.96. The predicted molar refractivity (Wildman–Crippen MR) is 84.2 cm³/mol. The standard InChI is InChI=1S/C12H25ClN2O2S2/c1-4-11(10-18-3)14(2)19(16,17)15-8-6-5-7-12(15)9-13/h11-12H,4-10H2,1-3H3. The molecule has 1 saturated heterocycles. The molecule has 0 saturated carbocycles. The first-order valence-corrected chi connectivity index (χ1v) is 10.1. The molecule has 0 N–H and O–H groups in total. The van der Waals surface area contributed by atoms with Gasteiger partial charge in [0.05, 0.1) is 0 Å². The van der Waals surface area contributed by atoms with Crippen molar-refractivity contribution in [3.63, 3.8) is 0 Å². The van der Waals surface area contributed by atoms with Crippen molar-refractivity contribution >= 4 is 33.6 Å². The Kier molecular flexibility index (Phi) is 7.46. The first-order valence-electron chi connectivity index (χ1n) is 6.78. The highest BCUT2D eigenvalue weighted by Gasteiger charge is 2.36. The van der Waals surface area contributed by atoms with Crippen LogP contribution in [0, 0.1) is 0 Å². The third-order valence-corrected chi connectivity index (χ3v) is 6.93. The topological polar surface area (TPSA) is 40.6 Å². The molecule has 4 nitrogen and oxygen atoms in total. The molecule has 1 aliphatic rings. The Bertz CT molecular complexity index is 365. The van der Waals surface area contributed by atoms with E-state index in [1.165, 1.54) is 4.31 Å². The number of piperidine rings is 1. The largest absolute Gasteiger partial charge is 0.282 e. The predicted octanol–water partition coefficient (Wildman–Crippen LogP) is 2.40. The van der Waals surface area contributed by atoms with Gasteiger partial charge < -0.3 is 0 Å². The fraction of sp³-hybridized carbons (Fsp3) is 1.00. The van der Waals surface area contributed by atoms with E-state index in [4.69, 9.17) is 11.6 Å². The van der Waals surface area contributed by atoms with Crippen LogP contribution in [0.1, 0.15) is 32.6 Å². The van der Waals surface area contributed by atoms with Crippen molar-refractivity contribution < 1.29 is 8.42 Å². The van der Waals surface area contributed by atoms with E-state index in [0.717, 1.165) is 31.4 Å². The van der Waals surface area contributed by atoms with E-state index >= 15 is 0 Å². The van der Waals surface area contributed by atoms with Crippen molar-refractivity contribution in [1.82, 2.24) is 8.61 Å². The molecule has 0 radical (unpaired) electrons. The van der Waals surface area contributed by atoms with Crippen LogP contribution in [0.5, 0.6) is 0 Å². The van der Waals surface area contributed by atoms with Crippen molar-refractivity contribution in [3.8, 4) is 0 Å². The number of hydrogen-bond donors (Lipinski definition) is 0. The Hall–Kier alpha value is 0.510. The number of rotatable bonds is 7. The van der Waals surface area contributed by atoms with Crippen molar-refractivity contribution in [2.24, 2.45) is 0 Å². The third kappa shape index (κ3) is 4.24. The first-order chi connectivity index (χ1) is 8.98. The van der Waals surface area contributed by atoms with Crippen molar-refractivity contribution in [3.05, 3.63) is 0 Å². The molecule has 0 aromatic rings. The minimum atomic E-state index is -3.39. The van der Waals surface area contributed by atoms with Crippen LogP contribution in [0.15, 0.2) is 0 Å². The van der Waals surface area contributed by atoms with Crippen molar-refractivity contribution in [2.75, 3.05) is 31.5 Å². The SMILES string of the molecule is CCC(CSC)N(C)S(=O)(=O)N1CCCCC1CCl. The summed E-state index contributed by atoms with van der Waals surface area (Å²) in [6.45, 7) is 2.63. The van der Waals surface area contributed by atoms with Gasteiger partial charge >= 0.3 is 0 Å². The monoisotopic (exact) mass is 328 g/mol. The lowest BCUT2D eigenvalue weighted by Gasteiger charge is -2.38. The lowest BCUT2D eigenvalue weighted by Crippen LogP contribution is -2.53. The average molecular weight is 329 g/mol. The van der Waals surface area contributed by atoms with Crippen LogP contribution in [-0.2, 0) is 10.2 Å². The fourth-order valence-electron chi connectivity index (χ4n) is 2.46. The summed E-state index contributed by atoms with van der Waals surface area (Å²) in [6.07, 6.45) is 5.70. The van der Waals surface area contributed by atoms with E-state index in [-0.39, 0.29) is 12.1 Å². The smallest absolute Gasteiger partial charge is 0.195 e. The lowest BCUT2D eigenvalue weighted by atomic mass is 10.1.